The molecular formula is C14H19FN2. The Hall–Kier alpha value is -0.930. The highest BCUT2D eigenvalue weighted by Crippen LogP contribution is 2.57. The topological polar surface area (TPSA) is 38.0 Å². The predicted octanol–water partition coefficient (Wildman–Crippen LogP) is 2.68. The molecule has 1 aromatic carbocycles. The van der Waals surface area contributed by atoms with Crippen molar-refractivity contribution >= 4 is 0 Å². The van der Waals surface area contributed by atoms with Crippen molar-refractivity contribution in [2.75, 3.05) is 0 Å². The van der Waals surface area contributed by atoms with E-state index in [0.29, 0.717) is 5.92 Å². The Kier molecular flexibility index (Phi) is 2.68. The maximum atomic E-state index is 13.9. The Bertz CT molecular complexity index is 422. The summed E-state index contributed by atoms with van der Waals surface area (Å²) in [5, 5.41) is 0. The quantitative estimate of drug-likeness (QED) is 0.623. The van der Waals surface area contributed by atoms with Crippen molar-refractivity contribution in [3.05, 3.63) is 35.1 Å². The number of hydrogen-bond donors (Lipinski definition) is 2. The lowest BCUT2D eigenvalue weighted by molar-refractivity contribution is 0.336. The van der Waals surface area contributed by atoms with E-state index < -0.39 is 0 Å². The average molecular weight is 234 g/mol. The molecule has 0 aromatic heterocycles. The van der Waals surface area contributed by atoms with Gasteiger partial charge in [0.2, 0.25) is 0 Å². The van der Waals surface area contributed by atoms with Gasteiger partial charge in [-0.15, -0.1) is 0 Å². The highest BCUT2D eigenvalue weighted by atomic mass is 19.1. The molecule has 2 aliphatic rings. The molecule has 2 nitrogen and oxygen atoms in total. The summed E-state index contributed by atoms with van der Waals surface area (Å²) in [6, 6.07) is 5.25. The van der Waals surface area contributed by atoms with Crippen molar-refractivity contribution in [1.82, 2.24) is 5.43 Å². The highest BCUT2D eigenvalue weighted by Gasteiger charge is 2.48. The van der Waals surface area contributed by atoms with E-state index in [2.05, 4.69) is 5.43 Å². The Morgan fingerprint density at radius 1 is 1.29 bits per heavy atom. The van der Waals surface area contributed by atoms with Gasteiger partial charge in [0.05, 0.1) is 6.04 Å². The number of fused-ring (bicyclic) bond motifs is 1. The van der Waals surface area contributed by atoms with Gasteiger partial charge in [-0.05, 0) is 50.0 Å². The summed E-state index contributed by atoms with van der Waals surface area (Å²) in [7, 11) is 0. The molecule has 0 heterocycles. The van der Waals surface area contributed by atoms with Crippen LogP contribution in [0.4, 0.5) is 4.39 Å². The van der Waals surface area contributed by atoms with Crippen molar-refractivity contribution in [1.29, 1.82) is 0 Å². The van der Waals surface area contributed by atoms with Gasteiger partial charge in [0.25, 0.3) is 0 Å². The van der Waals surface area contributed by atoms with Gasteiger partial charge in [-0.1, -0.05) is 17.7 Å². The third kappa shape index (κ3) is 1.98. The largest absolute Gasteiger partial charge is 0.271 e. The van der Waals surface area contributed by atoms with Crippen molar-refractivity contribution in [2.45, 2.75) is 32.2 Å². The molecule has 1 aromatic rings. The second-order valence-corrected chi connectivity index (χ2v) is 5.66. The van der Waals surface area contributed by atoms with Gasteiger partial charge in [-0.2, -0.15) is 0 Å². The van der Waals surface area contributed by atoms with E-state index in [-0.39, 0.29) is 11.9 Å². The van der Waals surface area contributed by atoms with E-state index in [4.69, 9.17) is 5.84 Å². The summed E-state index contributed by atoms with van der Waals surface area (Å²) in [5.74, 6) is 7.79. The first kappa shape index (κ1) is 11.2. The summed E-state index contributed by atoms with van der Waals surface area (Å²) in [5.41, 5.74) is 4.65. The zero-order valence-corrected chi connectivity index (χ0v) is 10.1. The van der Waals surface area contributed by atoms with Gasteiger partial charge < -0.3 is 0 Å². The molecule has 0 aliphatic heterocycles. The van der Waals surface area contributed by atoms with E-state index in [0.717, 1.165) is 23.0 Å². The van der Waals surface area contributed by atoms with Crippen LogP contribution in [0.25, 0.3) is 0 Å². The molecule has 3 rings (SSSR count). The normalized spacial score (nSPS) is 32.3. The van der Waals surface area contributed by atoms with Crippen LogP contribution >= 0.6 is 0 Å². The molecule has 0 amide bonds. The molecule has 3 atom stereocenters. The SMILES string of the molecule is Cc1ccc(F)c(C(NN)C2CC3CC3C2)c1. The molecule has 17 heavy (non-hydrogen) atoms. The van der Waals surface area contributed by atoms with Gasteiger partial charge in [-0.25, -0.2) is 4.39 Å². The lowest BCUT2D eigenvalue weighted by Crippen LogP contribution is -2.33. The van der Waals surface area contributed by atoms with Gasteiger partial charge in [0.15, 0.2) is 0 Å². The molecule has 2 fully saturated rings. The number of nitrogens with one attached hydrogen (secondary N) is 1. The first-order chi connectivity index (χ1) is 8.19. The van der Waals surface area contributed by atoms with Gasteiger partial charge in [-0.3, -0.25) is 11.3 Å². The van der Waals surface area contributed by atoms with Crippen LogP contribution in [-0.2, 0) is 0 Å². The fourth-order valence-electron chi connectivity index (χ4n) is 3.42. The molecule has 2 aliphatic carbocycles. The molecule has 3 heteroatoms. The van der Waals surface area contributed by atoms with Gasteiger partial charge >= 0.3 is 0 Å². The van der Waals surface area contributed by atoms with Gasteiger partial charge in [0, 0.05) is 5.56 Å². The second-order valence-electron chi connectivity index (χ2n) is 5.66. The highest BCUT2D eigenvalue weighted by molar-refractivity contribution is 5.28. The van der Waals surface area contributed by atoms with Crippen LogP contribution in [0.3, 0.4) is 0 Å². The number of nitrogens with two attached hydrogens (primary N) is 1. The number of rotatable bonds is 3. The minimum Gasteiger partial charge on any atom is -0.271 e. The minimum atomic E-state index is -0.140. The summed E-state index contributed by atoms with van der Waals surface area (Å²) in [4.78, 5) is 0. The van der Waals surface area contributed by atoms with Crippen LogP contribution in [0.2, 0.25) is 0 Å². The molecule has 3 unspecified atom stereocenters. The number of benzene rings is 1. The van der Waals surface area contributed by atoms with E-state index >= 15 is 0 Å². The molecule has 92 valence electrons. The fourth-order valence-corrected chi connectivity index (χ4v) is 3.42. The van der Waals surface area contributed by atoms with Crippen molar-refractivity contribution in [2.24, 2.45) is 23.6 Å². The van der Waals surface area contributed by atoms with E-state index in [1.165, 1.54) is 19.3 Å². The Balaban J connectivity index is 1.86. The summed E-state index contributed by atoms with van der Waals surface area (Å²) < 4.78 is 13.9. The molecule has 0 radical (unpaired) electrons. The van der Waals surface area contributed by atoms with Crippen LogP contribution < -0.4 is 11.3 Å². The zero-order valence-electron chi connectivity index (χ0n) is 10.1. The van der Waals surface area contributed by atoms with Crippen LogP contribution in [0.5, 0.6) is 0 Å². The van der Waals surface area contributed by atoms with E-state index in [9.17, 15) is 4.39 Å². The minimum absolute atomic E-state index is 0.0253. The summed E-state index contributed by atoms with van der Waals surface area (Å²) >= 11 is 0. The lowest BCUT2D eigenvalue weighted by Gasteiger charge is -2.25. The predicted molar refractivity (Wildman–Crippen MR) is 65.5 cm³/mol. The van der Waals surface area contributed by atoms with Crippen molar-refractivity contribution in [3.63, 3.8) is 0 Å². The Morgan fingerprint density at radius 2 is 2.00 bits per heavy atom. The fraction of sp³-hybridized carbons (Fsp3) is 0.571. The first-order valence-electron chi connectivity index (χ1n) is 6.41. The van der Waals surface area contributed by atoms with Crippen LogP contribution in [0.1, 0.15) is 36.4 Å². The molecular weight excluding hydrogens is 215 g/mol. The van der Waals surface area contributed by atoms with Crippen LogP contribution in [0.15, 0.2) is 18.2 Å². The van der Waals surface area contributed by atoms with Gasteiger partial charge in [0.1, 0.15) is 5.82 Å². The first-order valence-corrected chi connectivity index (χ1v) is 6.41. The molecule has 2 saturated carbocycles. The molecule has 3 N–H and O–H groups in total. The monoisotopic (exact) mass is 234 g/mol. The average Bonchev–Trinajstić information content (AvgIpc) is 2.92. The van der Waals surface area contributed by atoms with Crippen LogP contribution in [-0.4, -0.2) is 0 Å². The maximum absolute atomic E-state index is 13.9. The Labute approximate surface area is 101 Å². The summed E-state index contributed by atoms with van der Waals surface area (Å²) in [6.07, 6.45) is 3.78. The number of halogens is 1. The summed E-state index contributed by atoms with van der Waals surface area (Å²) in [6.45, 7) is 1.99. The number of hydrogen-bond acceptors (Lipinski definition) is 2. The number of aryl methyl sites for hydroxylation is 1. The van der Waals surface area contributed by atoms with Crippen LogP contribution in [0, 0.1) is 30.5 Å². The van der Waals surface area contributed by atoms with Crippen molar-refractivity contribution < 1.29 is 4.39 Å². The van der Waals surface area contributed by atoms with Crippen molar-refractivity contribution in [3.8, 4) is 0 Å². The molecule has 0 spiro atoms. The maximum Gasteiger partial charge on any atom is 0.128 e. The smallest absolute Gasteiger partial charge is 0.128 e. The zero-order chi connectivity index (χ0) is 12.0. The third-order valence-electron chi connectivity index (χ3n) is 4.42. The lowest BCUT2D eigenvalue weighted by atomic mass is 9.88. The van der Waals surface area contributed by atoms with E-state index in [1.54, 1.807) is 12.1 Å². The number of hydrazine groups is 1. The van der Waals surface area contributed by atoms with E-state index in [1.807, 2.05) is 13.0 Å². The molecule has 0 saturated heterocycles. The third-order valence-corrected chi connectivity index (χ3v) is 4.42. The Morgan fingerprint density at radius 3 is 2.65 bits per heavy atom. The molecule has 0 bridgehead atoms. The second kappa shape index (κ2) is 4.07. The standard InChI is InChI=1S/C14H19FN2/c1-8-2-3-13(15)12(4-8)14(17-16)11-6-9-5-10(9)7-11/h2-4,9-11,14,17H,5-7,16H2,1H3.